The Bertz CT molecular complexity index is 563. The number of hydrogen-bond acceptors (Lipinski definition) is 3. The summed E-state index contributed by atoms with van der Waals surface area (Å²) < 4.78 is 0. The van der Waals surface area contributed by atoms with Crippen molar-refractivity contribution in [3.63, 3.8) is 0 Å². The summed E-state index contributed by atoms with van der Waals surface area (Å²) >= 11 is 0. The zero-order valence-corrected chi connectivity index (χ0v) is 17.9. The maximum atomic E-state index is 11.5. The Balaban J connectivity index is 1.26. The van der Waals surface area contributed by atoms with Crippen molar-refractivity contribution in [2.24, 2.45) is 22.7 Å². The van der Waals surface area contributed by atoms with Crippen molar-refractivity contribution in [2.75, 3.05) is 52.4 Å². The molecule has 2 heterocycles. The molecule has 2 aliphatic carbocycles. The molecular formula is C22H39N5O. The van der Waals surface area contributed by atoms with Crippen molar-refractivity contribution in [3.05, 3.63) is 0 Å². The van der Waals surface area contributed by atoms with Gasteiger partial charge < -0.3 is 15.1 Å². The molecule has 2 saturated carbocycles. The van der Waals surface area contributed by atoms with Crippen LogP contribution in [-0.2, 0) is 4.79 Å². The van der Waals surface area contributed by atoms with E-state index in [-0.39, 0.29) is 5.91 Å². The fraction of sp³-hybridized carbons (Fsp3) is 0.909. The Morgan fingerprint density at radius 1 is 0.964 bits per heavy atom. The van der Waals surface area contributed by atoms with Gasteiger partial charge in [-0.15, -0.1) is 0 Å². The predicted octanol–water partition coefficient (Wildman–Crippen LogP) is 2.02. The molecule has 2 aliphatic heterocycles. The molecular weight excluding hydrogens is 350 g/mol. The van der Waals surface area contributed by atoms with E-state index in [1.54, 1.807) is 6.92 Å². The Labute approximate surface area is 170 Å². The molecule has 4 fully saturated rings. The maximum absolute atomic E-state index is 11.5. The van der Waals surface area contributed by atoms with Crippen LogP contribution in [0.3, 0.4) is 0 Å². The van der Waals surface area contributed by atoms with Crippen LogP contribution in [0.1, 0.15) is 52.4 Å². The lowest BCUT2D eigenvalue weighted by Crippen LogP contribution is -2.55. The first-order valence-corrected chi connectivity index (χ1v) is 11.7. The van der Waals surface area contributed by atoms with Gasteiger partial charge in [0.05, 0.1) is 0 Å². The number of piperazine rings is 1. The average molecular weight is 390 g/mol. The topological polar surface area (TPSA) is 51.2 Å². The lowest BCUT2D eigenvalue weighted by Gasteiger charge is -2.42. The first-order valence-electron chi connectivity index (χ1n) is 11.7. The Morgan fingerprint density at radius 3 is 2.29 bits per heavy atom. The number of fused-ring (bicyclic) bond motifs is 2. The van der Waals surface area contributed by atoms with Crippen LogP contribution in [0.25, 0.3) is 0 Å². The van der Waals surface area contributed by atoms with Crippen LogP contribution in [-0.4, -0.2) is 85.0 Å². The average Bonchev–Trinajstić information content (AvgIpc) is 3.35. The van der Waals surface area contributed by atoms with Gasteiger partial charge in [-0.3, -0.25) is 14.7 Å². The minimum atomic E-state index is 0.212. The van der Waals surface area contributed by atoms with Gasteiger partial charge in [-0.2, -0.15) is 0 Å². The summed E-state index contributed by atoms with van der Waals surface area (Å²) in [5, 5.41) is 3.52. The standard InChI is InChI=1S/C22H39N5O/c1-3-23-22(24-16-18-6-8-25(9-7-18)17(2)28)27-12-10-26(11-13-27)21-15-19-4-5-20(21)14-19/h18-21H,3-16H2,1-2H3,(H,23,24). The highest BCUT2D eigenvalue weighted by atomic mass is 16.2. The lowest BCUT2D eigenvalue weighted by atomic mass is 9.93. The fourth-order valence-corrected chi connectivity index (χ4v) is 6.00. The van der Waals surface area contributed by atoms with Crippen LogP contribution < -0.4 is 5.32 Å². The highest BCUT2D eigenvalue weighted by Gasteiger charge is 2.42. The monoisotopic (exact) mass is 389 g/mol. The normalized spacial score (nSPS) is 32.2. The van der Waals surface area contributed by atoms with E-state index in [2.05, 4.69) is 22.0 Å². The van der Waals surface area contributed by atoms with E-state index in [0.29, 0.717) is 5.92 Å². The van der Waals surface area contributed by atoms with Crippen LogP contribution >= 0.6 is 0 Å². The van der Waals surface area contributed by atoms with Crippen LogP contribution in [0.4, 0.5) is 0 Å². The summed E-state index contributed by atoms with van der Waals surface area (Å²) in [6.07, 6.45) is 8.09. The quantitative estimate of drug-likeness (QED) is 0.590. The third-order valence-electron chi connectivity index (χ3n) is 7.68. The van der Waals surface area contributed by atoms with Gasteiger partial charge in [0.2, 0.25) is 5.91 Å². The van der Waals surface area contributed by atoms with Crippen molar-refractivity contribution in [1.29, 1.82) is 0 Å². The second-order valence-electron chi connectivity index (χ2n) is 9.41. The minimum Gasteiger partial charge on any atom is -0.357 e. The number of piperidine rings is 1. The molecule has 1 amide bonds. The zero-order chi connectivity index (χ0) is 19.5. The fourth-order valence-electron chi connectivity index (χ4n) is 6.00. The second-order valence-corrected chi connectivity index (χ2v) is 9.41. The summed E-state index contributed by atoms with van der Waals surface area (Å²) in [4.78, 5) is 23.7. The molecule has 0 radical (unpaired) electrons. The third kappa shape index (κ3) is 4.47. The maximum Gasteiger partial charge on any atom is 0.219 e. The van der Waals surface area contributed by atoms with Crippen LogP contribution in [0.5, 0.6) is 0 Å². The van der Waals surface area contributed by atoms with Gasteiger partial charge in [0, 0.05) is 65.3 Å². The SMILES string of the molecule is CCNC(=NCC1CCN(C(C)=O)CC1)N1CCN(C2CC3CCC2C3)CC1. The van der Waals surface area contributed by atoms with Gasteiger partial charge in [0.25, 0.3) is 0 Å². The van der Waals surface area contributed by atoms with E-state index in [4.69, 9.17) is 4.99 Å². The molecule has 28 heavy (non-hydrogen) atoms. The molecule has 4 rings (SSSR count). The Hall–Kier alpha value is -1.30. The summed E-state index contributed by atoms with van der Waals surface area (Å²) in [5.41, 5.74) is 0. The number of nitrogens with zero attached hydrogens (tertiary/aromatic N) is 4. The lowest BCUT2D eigenvalue weighted by molar-refractivity contribution is -0.130. The molecule has 0 spiro atoms. The highest BCUT2D eigenvalue weighted by Crippen LogP contribution is 2.46. The molecule has 3 atom stereocenters. The van der Waals surface area contributed by atoms with Crippen molar-refractivity contribution < 1.29 is 4.79 Å². The van der Waals surface area contributed by atoms with Gasteiger partial charge >= 0.3 is 0 Å². The van der Waals surface area contributed by atoms with Crippen molar-refractivity contribution in [1.82, 2.24) is 20.0 Å². The summed E-state index contributed by atoms with van der Waals surface area (Å²) in [6, 6.07) is 0.867. The number of rotatable bonds is 4. The molecule has 0 aromatic carbocycles. The van der Waals surface area contributed by atoms with E-state index >= 15 is 0 Å². The molecule has 1 N–H and O–H groups in total. The molecule has 3 unspecified atom stereocenters. The van der Waals surface area contributed by atoms with Gasteiger partial charge in [-0.05, 0) is 56.8 Å². The molecule has 0 aromatic rings. The smallest absolute Gasteiger partial charge is 0.219 e. The summed E-state index contributed by atoms with van der Waals surface area (Å²) in [5.74, 6) is 3.94. The van der Waals surface area contributed by atoms with Crippen LogP contribution in [0, 0.1) is 17.8 Å². The van der Waals surface area contributed by atoms with E-state index < -0.39 is 0 Å². The van der Waals surface area contributed by atoms with E-state index in [9.17, 15) is 4.79 Å². The minimum absolute atomic E-state index is 0.212. The number of amides is 1. The van der Waals surface area contributed by atoms with E-state index in [0.717, 1.165) is 75.9 Å². The Morgan fingerprint density at radius 2 is 1.71 bits per heavy atom. The number of carbonyl (C=O) groups is 1. The number of nitrogens with one attached hydrogen (secondary N) is 1. The number of guanidine groups is 1. The molecule has 2 saturated heterocycles. The molecule has 0 aromatic heterocycles. The third-order valence-corrected chi connectivity index (χ3v) is 7.68. The van der Waals surface area contributed by atoms with Gasteiger partial charge in [0.1, 0.15) is 0 Å². The number of hydrogen-bond donors (Lipinski definition) is 1. The first-order chi connectivity index (χ1) is 13.6. The molecule has 6 nitrogen and oxygen atoms in total. The summed E-state index contributed by atoms with van der Waals surface area (Å²) in [6.45, 7) is 12.0. The van der Waals surface area contributed by atoms with Gasteiger partial charge in [0.15, 0.2) is 5.96 Å². The Kier molecular flexibility index (Phi) is 6.44. The highest BCUT2D eigenvalue weighted by molar-refractivity contribution is 5.80. The van der Waals surface area contributed by atoms with Gasteiger partial charge in [-0.25, -0.2) is 0 Å². The summed E-state index contributed by atoms with van der Waals surface area (Å²) in [7, 11) is 0. The molecule has 4 aliphatic rings. The molecule has 2 bridgehead atoms. The zero-order valence-electron chi connectivity index (χ0n) is 17.9. The second kappa shape index (κ2) is 9.02. The predicted molar refractivity (Wildman–Crippen MR) is 113 cm³/mol. The number of aliphatic imine (C=N–C) groups is 1. The van der Waals surface area contributed by atoms with E-state index in [1.807, 2.05) is 4.90 Å². The van der Waals surface area contributed by atoms with Crippen molar-refractivity contribution in [2.45, 2.75) is 58.4 Å². The van der Waals surface area contributed by atoms with Crippen LogP contribution in [0.2, 0.25) is 0 Å². The largest absolute Gasteiger partial charge is 0.357 e. The number of likely N-dealkylation sites (tertiary alicyclic amines) is 1. The first kappa shape index (κ1) is 20.0. The van der Waals surface area contributed by atoms with Crippen molar-refractivity contribution >= 4 is 11.9 Å². The van der Waals surface area contributed by atoms with Crippen LogP contribution in [0.15, 0.2) is 4.99 Å². The molecule has 158 valence electrons. The van der Waals surface area contributed by atoms with E-state index in [1.165, 1.54) is 38.8 Å². The van der Waals surface area contributed by atoms with Crippen molar-refractivity contribution in [3.8, 4) is 0 Å². The molecule has 6 heteroatoms. The number of carbonyl (C=O) groups excluding carboxylic acids is 1. The van der Waals surface area contributed by atoms with Gasteiger partial charge in [-0.1, -0.05) is 6.42 Å².